The molecule has 1 heterocycles. The van der Waals surface area contributed by atoms with Crippen molar-refractivity contribution in [2.24, 2.45) is 0 Å². The second kappa shape index (κ2) is 8.74. The van der Waals surface area contributed by atoms with Gasteiger partial charge in [0.25, 0.3) is 0 Å². The minimum atomic E-state index is -0.326. The lowest BCUT2D eigenvalue weighted by Gasteiger charge is -2.25. The molecule has 0 radical (unpaired) electrons. The molecular weight excluding hydrogens is 236 g/mol. The maximum Gasteiger partial charge on any atom is 0.411 e. The molecule has 6 heteroatoms. The molecule has 0 spiro atoms. The molecule has 1 aliphatic rings. The highest BCUT2D eigenvalue weighted by molar-refractivity contribution is 5.75. The number of amides is 2. The Balaban J connectivity index is 2.00. The number of carbonyl (C=O) groups excluding carboxylic acids is 2. The SMILES string of the molecule is CCNC(=O)CCOCOC(=O)N1CCCCC1. The van der Waals surface area contributed by atoms with Gasteiger partial charge in [-0.25, -0.2) is 4.79 Å². The van der Waals surface area contributed by atoms with Gasteiger partial charge >= 0.3 is 6.09 Å². The summed E-state index contributed by atoms with van der Waals surface area (Å²) in [6, 6.07) is 0. The molecule has 0 atom stereocenters. The maximum absolute atomic E-state index is 11.5. The number of rotatable bonds is 6. The summed E-state index contributed by atoms with van der Waals surface area (Å²) in [5, 5.41) is 2.66. The van der Waals surface area contributed by atoms with Crippen molar-refractivity contribution in [3.05, 3.63) is 0 Å². The summed E-state index contributed by atoms with van der Waals surface area (Å²) < 4.78 is 10.0. The van der Waals surface area contributed by atoms with Crippen LogP contribution in [0.3, 0.4) is 0 Å². The average Bonchev–Trinajstić information content (AvgIpc) is 2.39. The van der Waals surface area contributed by atoms with Crippen LogP contribution in [0.4, 0.5) is 4.79 Å². The normalized spacial score (nSPS) is 15.3. The number of likely N-dealkylation sites (tertiary alicyclic amines) is 1. The topological polar surface area (TPSA) is 67.9 Å². The van der Waals surface area contributed by atoms with Crippen LogP contribution in [0.2, 0.25) is 0 Å². The predicted octanol–water partition coefficient (Wildman–Crippen LogP) is 1.11. The highest BCUT2D eigenvalue weighted by Crippen LogP contribution is 2.09. The number of hydrogen-bond donors (Lipinski definition) is 1. The molecule has 2 amide bonds. The van der Waals surface area contributed by atoms with E-state index in [0.29, 0.717) is 6.54 Å². The number of ether oxygens (including phenoxy) is 2. The Bertz CT molecular complexity index is 265. The van der Waals surface area contributed by atoms with Gasteiger partial charge in [-0.1, -0.05) is 0 Å². The van der Waals surface area contributed by atoms with Crippen molar-refractivity contribution in [1.29, 1.82) is 0 Å². The lowest BCUT2D eigenvalue weighted by atomic mass is 10.1. The Kier molecular flexibility index (Phi) is 7.17. The van der Waals surface area contributed by atoms with Crippen LogP contribution < -0.4 is 5.32 Å². The summed E-state index contributed by atoms with van der Waals surface area (Å²) in [6.45, 7) is 4.17. The lowest BCUT2D eigenvalue weighted by Crippen LogP contribution is -2.36. The molecule has 6 nitrogen and oxygen atoms in total. The molecule has 1 N–H and O–H groups in total. The number of hydrogen-bond acceptors (Lipinski definition) is 4. The summed E-state index contributed by atoms with van der Waals surface area (Å²) in [5.41, 5.74) is 0. The molecular formula is C12H22N2O4. The minimum Gasteiger partial charge on any atom is -0.422 e. The highest BCUT2D eigenvalue weighted by atomic mass is 16.7. The molecule has 0 aromatic carbocycles. The highest BCUT2D eigenvalue weighted by Gasteiger charge is 2.17. The number of nitrogens with one attached hydrogen (secondary N) is 1. The van der Waals surface area contributed by atoms with Crippen molar-refractivity contribution in [3.63, 3.8) is 0 Å². The van der Waals surface area contributed by atoms with Gasteiger partial charge in [-0.3, -0.25) is 4.79 Å². The molecule has 0 aromatic rings. The second-order valence-corrected chi connectivity index (χ2v) is 4.19. The average molecular weight is 258 g/mol. The zero-order valence-electron chi connectivity index (χ0n) is 10.9. The third-order valence-corrected chi connectivity index (χ3v) is 2.73. The molecule has 104 valence electrons. The van der Waals surface area contributed by atoms with Crippen LogP contribution >= 0.6 is 0 Å². The summed E-state index contributed by atoms with van der Waals surface area (Å²) in [7, 11) is 0. The molecule has 0 saturated carbocycles. The van der Waals surface area contributed by atoms with E-state index in [1.165, 1.54) is 6.42 Å². The van der Waals surface area contributed by atoms with E-state index in [1.807, 2.05) is 6.92 Å². The van der Waals surface area contributed by atoms with Crippen LogP contribution in [0.5, 0.6) is 0 Å². The van der Waals surface area contributed by atoms with Gasteiger partial charge in [-0.2, -0.15) is 0 Å². The van der Waals surface area contributed by atoms with Gasteiger partial charge in [-0.05, 0) is 26.2 Å². The molecule has 0 aromatic heterocycles. The van der Waals surface area contributed by atoms with E-state index in [-0.39, 0.29) is 31.8 Å². The van der Waals surface area contributed by atoms with Crippen molar-refractivity contribution < 1.29 is 19.1 Å². The quantitative estimate of drug-likeness (QED) is 0.572. The summed E-state index contributed by atoms with van der Waals surface area (Å²) >= 11 is 0. The van der Waals surface area contributed by atoms with Gasteiger partial charge in [-0.15, -0.1) is 0 Å². The van der Waals surface area contributed by atoms with Gasteiger partial charge in [0, 0.05) is 19.6 Å². The van der Waals surface area contributed by atoms with Gasteiger partial charge in [0.2, 0.25) is 5.91 Å². The molecule has 0 bridgehead atoms. The summed E-state index contributed by atoms with van der Waals surface area (Å²) in [5.74, 6) is -0.0557. The first kappa shape index (κ1) is 14.8. The van der Waals surface area contributed by atoms with Crippen LogP contribution in [0, 0.1) is 0 Å². The Morgan fingerprint density at radius 3 is 2.61 bits per heavy atom. The monoisotopic (exact) mass is 258 g/mol. The van der Waals surface area contributed by atoms with Gasteiger partial charge < -0.3 is 19.7 Å². The maximum atomic E-state index is 11.5. The molecule has 1 aliphatic heterocycles. The third-order valence-electron chi connectivity index (χ3n) is 2.73. The lowest BCUT2D eigenvalue weighted by molar-refractivity contribution is -0.122. The van der Waals surface area contributed by atoms with Gasteiger partial charge in [0.15, 0.2) is 6.79 Å². The zero-order valence-corrected chi connectivity index (χ0v) is 10.9. The fourth-order valence-electron chi connectivity index (χ4n) is 1.77. The predicted molar refractivity (Wildman–Crippen MR) is 66.0 cm³/mol. The first-order valence-electron chi connectivity index (χ1n) is 6.50. The van der Waals surface area contributed by atoms with Crippen molar-refractivity contribution in [3.8, 4) is 0 Å². The van der Waals surface area contributed by atoms with E-state index in [9.17, 15) is 9.59 Å². The molecule has 0 unspecified atom stereocenters. The third kappa shape index (κ3) is 5.86. The van der Waals surface area contributed by atoms with Crippen LogP contribution in [0.25, 0.3) is 0 Å². The largest absolute Gasteiger partial charge is 0.422 e. The van der Waals surface area contributed by atoms with Crippen molar-refractivity contribution in [1.82, 2.24) is 10.2 Å². The fraction of sp³-hybridized carbons (Fsp3) is 0.833. The van der Waals surface area contributed by atoms with Crippen LogP contribution in [-0.4, -0.2) is 49.9 Å². The Morgan fingerprint density at radius 1 is 1.22 bits per heavy atom. The molecule has 1 saturated heterocycles. The number of carbonyl (C=O) groups is 2. The summed E-state index contributed by atoms with van der Waals surface area (Å²) in [6.07, 6.45) is 3.20. The fourth-order valence-corrected chi connectivity index (χ4v) is 1.77. The zero-order chi connectivity index (χ0) is 13.2. The Labute approximate surface area is 108 Å². The molecule has 1 rings (SSSR count). The number of piperidine rings is 1. The van der Waals surface area contributed by atoms with Crippen molar-refractivity contribution >= 4 is 12.0 Å². The Morgan fingerprint density at radius 2 is 1.94 bits per heavy atom. The van der Waals surface area contributed by atoms with Crippen molar-refractivity contribution in [2.45, 2.75) is 32.6 Å². The van der Waals surface area contributed by atoms with E-state index in [4.69, 9.17) is 9.47 Å². The van der Waals surface area contributed by atoms with Crippen molar-refractivity contribution in [2.75, 3.05) is 33.0 Å². The first-order chi connectivity index (χ1) is 8.74. The van der Waals surface area contributed by atoms with Crippen LogP contribution in [0.1, 0.15) is 32.6 Å². The second-order valence-electron chi connectivity index (χ2n) is 4.19. The van der Waals surface area contributed by atoms with Crippen LogP contribution in [0.15, 0.2) is 0 Å². The standard InChI is InChI=1S/C12H22N2O4/c1-2-13-11(15)6-9-17-10-18-12(16)14-7-4-3-5-8-14/h2-10H2,1H3,(H,13,15). The van der Waals surface area contributed by atoms with Gasteiger partial charge in [0.05, 0.1) is 13.0 Å². The van der Waals surface area contributed by atoms with E-state index < -0.39 is 0 Å². The van der Waals surface area contributed by atoms with Crippen LogP contribution in [-0.2, 0) is 14.3 Å². The van der Waals surface area contributed by atoms with Gasteiger partial charge in [0.1, 0.15) is 0 Å². The minimum absolute atomic E-state index is 0.0557. The molecule has 0 aliphatic carbocycles. The first-order valence-corrected chi connectivity index (χ1v) is 6.50. The Hall–Kier alpha value is -1.30. The smallest absolute Gasteiger partial charge is 0.411 e. The summed E-state index contributed by atoms with van der Waals surface area (Å²) in [4.78, 5) is 24.3. The van der Waals surface area contributed by atoms with E-state index >= 15 is 0 Å². The molecule has 18 heavy (non-hydrogen) atoms. The number of nitrogens with zero attached hydrogens (tertiary/aromatic N) is 1. The molecule has 1 fully saturated rings. The van der Waals surface area contributed by atoms with E-state index in [1.54, 1.807) is 4.90 Å². The van der Waals surface area contributed by atoms with E-state index in [2.05, 4.69) is 5.32 Å². The van der Waals surface area contributed by atoms with E-state index in [0.717, 1.165) is 25.9 Å².